The first-order valence-electron chi connectivity index (χ1n) is 9.05. The number of nitrogens with zero attached hydrogens (tertiary/aromatic N) is 4. The second-order valence-corrected chi connectivity index (χ2v) is 7.17. The van der Waals surface area contributed by atoms with Crippen LogP contribution in [0, 0.1) is 0 Å². The summed E-state index contributed by atoms with van der Waals surface area (Å²) < 4.78 is 14.5. The monoisotopic (exact) mass is 363 g/mol. The van der Waals surface area contributed by atoms with Gasteiger partial charge in [-0.25, -0.2) is 9.37 Å². The number of aromatic nitrogens is 4. The lowest BCUT2D eigenvalue weighted by Gasteiger charge is -2.27. The smallest absolute Gasteiger partial charge is 0.185 e. The maximum absolute atomic E-state index is 14.5. The molecule has 4 heterocycles. The zero-order chi connectivity index (χ0) is 18.4. The van der Waals surface area contributed by atoms with Crippen molar-refractivity contribution in [3.05, 3.63) is 48.1 Å². The molecule has 2 saturated heterocycles. The number of fused-ring (bicyclic) bond motifs is 3. The molecule has 0 saturated carbocycles. The number of phenolic OH excluding ortho intramolecular Hbond substituents is 1. The topological polar surface area (TPSA) is 83.8 Å². The summed E-state index contributed by atoms with van der Waals surface area (Å²) >= 11 is 0. The van der Waals surface area contributed by atoms with Crippen molar-refractivity contribution in [1.82, 2.24) is 25.5 Å². The van der Waals surface area contributed by atoms with Crippen LogP contribution in [0.15, 0.2) is 42.4 Å². The molecule has 0 radical (unpaired) electrons. The average Bonchev–Trinajstić information content (AvgIpc) is 3.10. The minimum Gasteiger partial charge on any atom is -0.507 e. The first-order chi connectivity index (χ1) is 13.2. The summed E-state index contributed by atoms with van der Waals surface area (Å²) in [4.78, 5) is 8.38. The molecule has 0 aliphatic carbocycles. The van der Waals surface area contributed by atoms with Gasteiger partial charge in [0, 0.05) is 29.9 Å². The van der Waals surface area contributed by atoms with Crippen molar-refractivity contribution in [3.63, 3.8) is 0 Å². The summed E-state index contributed by atoms with van der Waals surface area (Å²) in [7, 11) is 0. The van der Waals surface area contributed by atoms with Crippen molar-refractivity contribution in [2.75, 3.05) is 0 Å². The molecule has 0 spiro atoms. The van der Waals surface area contributed by atoms with Gasteiger partial charge in [0.15, 0.2) is 5.82 Å². The first kappa shape index (κ1) is 16.3. The van der Waals surface area contributed by atoms with Crippen LogP contribution in [0.2, 0.25) is 0 Å². The van der Waals surface area contributed by atoms with E-state index in [0.717, 1.165) is 29.2 Å². The molecule has 7 heteroatoms. The van der Waals surface area contributed by atoms with Crippen LogP contribution in [0.25, 0.3) is 28.2 Å². The van der Waals surface area contributed by atoms with E-state index in [1.165, 1.54) is 0 Å². The molecule has 27 heavy (non-hydrogen) atoms. The summed E-state index contributed by atoms with van der Waals surface area (Å²) in [5, 5.41) is 23.7. The third-order valence-electron chi connectivity index (χ3n) is 5.37. The van der Waals surface area contributed by atoms with E-state index in [1.807, 2.05) is 12.1 Å². The Morgan fingerprint density at radius 2 is 2.07 bits per heavy atom. The van der Waals surface area contributed by atoms with Crippen LogP contribution >= 0.6 is 0 Å². The van der Waals surface area contributed by atoms with Crippen molar-refractivity contribution < 1.29 is 9.50 Å². The number of aromatic hydroxyl groups is 1. The van der Waals surface area contributed by atoms with Crippen LogP contribution in [0.4, 0.5) is 4.39 Å². The highest BCUT2D eigenvalue weighted by Gasteiger charge is 2.38. The molecule has 2 aromatic heterocycles. The van der Waals surface area contributed by atoms with Crippen LogP contribution in [-0.2, 0) is 0 Å². The largest absolute Gasteiger partial charge is 0.507 e. The lowest BCUT2D eigenvalue weighted by atomic mass is 9.96. The number of pyridine rings is 1. The van der Waals surface area contributed by atoms with Gasteiger partial charge in [-0.05, 0) is 54.5 Å². The summed E-state index contributed by atoms with van der Waals surface area (Å²) in [5.41, 5.74) is 1.79. The van der Waals surface area contributed by atoms with E-state index in [-0.39, 0.29) is 11.8 Å². The molecule has 2 aliphatic heterocycles. The second kappa shape index (κ2) is 6.35. The fourth-order valence-electron chi connectivity index (χ4n) is 4.00. The van der Waals surface area contributed by atoms with Gasteiger partial charge in [0.25, 0.3) is 0 Å². The van der Waals surface area contributed by atoms with E-state index in [1.54, 1.807) is 30.7 Å². The molecule has 5 rings (SSSR count). The summed E-state index contributed by atoms with van der Waals surface area (Å²) in [6.45, 7) is 0. The molecule has 0 amide bonds. The summed E-state index contributed by atoms with van der Waals surface area (Å²) in [5.74, 6) is 0.401. The molecule has 2 unspecified atom stereocenters. The van der Waals surface area contributed by atoms with E-state index in [4.69, 9.17) is 0 Å². The molecule has 2 N–H and O–H groups in total. The van der Waals surface area contributed by atoms with E-state index in [9.17, 15) is 9.50 Å². The van der Waals surface area contributed by atoms with Gasteiger partial charge in [-0.1, -0.05) is 0 Å². The van der Waals surface area contributed by atoms with E-state index < -0.39 is 6.17 Å². The Morgan fingerprint density at radius 3 is 2.93 bits per heavy atom. The SMILES string of the molecule is Oc1cc2cnccc2cc1-c1ncc(/C=C2/CC3CCC(N3)[C@H]2F)nn1. The van der Waals surface area contributed by atoms with E-state index in [0.29, 0.717) is 29.5 Å². The van der Waals surface area contributed by atoms with Crippen LogP contribution in [0.3, 0.4) is 0 Å². The van der Waals surface area contributed by atoms with Gasteiger partial charge < -0.3 is 10.4 Å². The van der Waals surface area contributed by atoms with Crippen molar-refractivity contribution >= 4 is 16.8 Å². The number of halogens is 1. The predicted octanol–water partition coefficient (Wildman–Crippen LogP) is 3.04. The highest BCUT2D eigenvalue weighted by molar-refractivity contribution is 5.88. The number of nitrogens with one attached hydrogen (secondary N) is 1. The van der Waals surface area contributed by atoms with Crippen LogP contribution in [-0.4, -0.2) is 43.5 Å². The van der Waals surface area contributed by atoms with Crippen LogP contribution < -0.4 is 5.32 Å². The Labute approximate surface area is 155 Å². The standard InChI is InChI=1S/C20H18FN5O/c21-19-12(5-14-1-2-17(19)24-14)6-15-10-23-20(26-25-15)16-7-11-3-4-22-9-13(11)8-18(16)27/h3-4,6-10,14,17,19,24,27H,1-2,5H2/b12-6-/t14?,17?,19-/m0/s1. The van der Waals surface area contributed by atoms with Gasteiger partial charge in [0.05, 0.1) is 11.8 Å². The molecule has 2 bridgehead atoms. The lowest BCUT2D eigenvalue weighted by molar-refractivity contribution is 0.270. The molecule has 136 valence electrons. The molecular weight excluding hydrogens is 345 g/mol. The molecule has 6 nitrogen and oxygen atoms in total. The van der Waals surface area contributed by atoms with Gasteiger partial charge in [-0.3, -0.25) is 4.98 Å². The fourth-order valence-corrected chi connectivity index (χ4v) is 4.00. The highest BCUT2D eigenvalue weighted by Crippen LogP contribution is 2.34. The van der Waals surface area contributed by atoms with Crippen molar-refractivity contribution in [1.29, 1.82) is 0 Å². The van der Waals surface area contributed by atoms with Crippen molar-refractivity contribution in [2.45, 2.75) is 37.5 Å². The summed E-state index contributed by atoms with van der Waals surface area (Å²) in [6.07, 6.45) is 8.31. The normalized spacial score (nSPS) is 26.0. The van der Waals surface area contributed by atoms with Gasteiger partial charge in [-0.2, -0.15) is 0 Å². The van der Waals surface area contributed by atoms with E-state index in [2.05, 4.69) is 25.5 Å². The third-order valence-corrected chi connectivity index (χ3v) is 5.37. The Kier molecular flexibility index (Phi) is 3.82. The molecule has 2 aliphatic rings. The maximum atomic E-state index is 14.5. The quantitative estimate of drug-likeness (QED) is 0.728. The predicted molar refractivity (Wildman–Crippen MR) is 99.7 cm³/mol. The molecule has 2 fully saturated rings. The van der Waals surface area contributed by atoms with E-state index >= 15 is 0 Å². The Balaban J connectivity index is 1.45. The van der Waals surface area contributed by atoms with Crippen molar-refractivity contribution in [2.24, 2.45) is 0 Å². The zero-order valence-electron chi connectivity index (χ0n) is 14.5. The number of phenols is 1. The average molecular weight is 363 g/mol. The van der Waals surface area contributed by atoms with Crippen LogP contribution in [0.1, 0.15) is 25.0 Å². The minimum absolute atomic E-state index is 0.0714. The minimum atomic E-state index is -0.983. The van der Waals surface area contributed by atoms with Gasteiger partial charge in [0.2, 0.25) is 0 Å². The molecule has 3 atom stereocenters. The van der Waals surface area contributed by atoms with Gasteiger partial charge in [-0.15, -0.1) is 10.2 Å². The number of rotatable bonds is 2. The number of alkyl halides is 1. The Bertz CT molecular complexity index is 1040. The molecule has 3 aromatic rings. The van der Waals surface area contributed by atoms with Crippen LogP contribution in [0.5, 0.6) is 5.75 Å². The Morgan fingerprint density at radius 1 is 1.15 bits per heavy atom. The zero-order valence-corrected chi connectivity index (χ0v) is 14.5. The maximum Gasteiger partial charge on any atom is 0.185 e. The van der Waals surface area contributed by atoms with Gasteiger partial charge >= 0.3 is 0 Å². The fraction of sp³-hybridized carbons (Fsp3) is 0.300. The summed E-state index contributed by atoms with van der Waals surface area (Å²) in [6, 6.07) is 5.58. The highest BCUT2D eigenvalue weighted by atomic mass is 19.1. The number of benzene rings is 1. The third kappa shape index (κ3) is 2.94. The number of hydrogen-bond donors (Lipinski definition) is 2. The second-order valence-electron chi connectivity index (χ2n) is 7.17. The molecule has 1 aromatic carbocycles. The first-order valence-corrected chi connectivity index (χ1v) is 9.05. The molecular formula is C20H18FN5O. The Hall–Kier alpha value is -2.93. The number of piperidine rings is 1. The van der Waals surface area contributed by atoms with Crippen molar-refractivity contribution in [3.8, 4) is 17.1 Å². The van der Waals surface area contributed by atoms with Gasteiger partial charge in [0.1, 0.15) is 17.6 Å². The number of hydrogen-bond acceptors (Lipinski definition) is 6. The lowest BCUT2D eigenvalue weighted by Crippen LogP contribution is -2.42.